The number of ether oxygens (including phenoxy) is 1. The number of rotatable bonds is 4. The number of pyridine rings is 1. The largest absolute Gasteiger partial charge is 0.469 e. The summed E-state index contributed by atoms with van der Waals surface area (Å²) < 4.78 is 5.60. The molecule has 0 aromatic carbocycles. The van der Waals surface area contributed by atoms with Crippen molar-refractivity contribution in [2.45, 2.75) is 0 Å². The molecule has 86 valence electrons. The summed E-state index contributed by atoms with van der Waals surface area (Å²) in [6, 6.07) is 6.47. The van der Waals surface area contributed by atoms with Crippen LogP contribution in [0.1, 0.15) is 0 Å². The molecule has 0 fully saturated rings. The van der Waals surface area contributed by atoms with Crippen LogP contribution in [-0.4, -0.2) is 37.8 Å². The lowest BCUT2D eigenvalue weighted by Crippen LogP contribution is -2.20. The van der Waals surface area contributed by atoms with E-state index in [9.17, 15) is 0 Å². The highest BCUT2D eigenvalue weighted by Crippen LogP contribution is 2.22. The van der Waals surface area contributed by atoms with Gasteiger partial charge in [-0.1, -0.05) is 12.6 Å². The fourth-order valence-corrected chi connectivity index (χ4v) is 1.29. The van der Waals surface area contributed by atoms with Crippen LogP contribution in [0.2, 0.25) is 0 Å². The maximum absolute atomic E-state index is 5.60. The van der Waals surface area contributed by atoms with Crippen molar-refractivity contribution in [2.75, 3.05) is 32.8 Å². The van der Waals surface area contributed by atoms with Crippen molar-refractivity contribution in [1.82, 2.24) is 9.88 Å². The van der Waals surface area contributed by atoms with Gasteiger partial charge < -0.3 is 14.5 Å². The molecule has 4 nitrogen and oxygen atoms in total. The molecule has 0 aliphatic heterocycles. The first-order valence-electron chi connectivity index (χ1n) is 4.76. The number of thiol groups is 1. The summed E-state index contributed by atoms with van der Waals surface area (Å²) in [5, 5.41) is 2.51. The quantitative estimate of drug-likeness (QED) is 0.369. The second-order valence-electron chi connectivity index (χ2n) is 3.41. The summed E-state index contributed by atoms with van der Waals surface area (Å²) in [6.07, 6.45) is 1.74. The molecule has 0 saturated carbocycles. The van der Waals surface area contributed by atoms with Crippen molar-refractivity contribution in [3.63, 3.8) is 0 Å². The number of hydrogen-bond donors (Lipinski definition) is 1. The maximum Gasteiger partial charge on any atom is 0.170 e. The average molecular weight is 237 g/mol. The van der Waals surface area contributed by atoms with E-state index < -0.39 is 0 Å². The summed E-state index contributed by atoms with van der Waals surface area (Å²) in [6.45, 7) is 0.375. The molecule has 0 aliphatic carbocycles. The van der Waals surface area contributed by atoms with Gasteiger partial charge in [-0.05, 0) is 17.4 Å². The standard InChI is InChI=1S/C11H15N3OS/c1-13(2)11-10(5-4-6-12-11)15-9-14(3)7-8-16/h4-6,16H,9H2,1-3H3. The third kappa shape index (κ3) is 3.55. The Labute approximate surface area is 102 Å². The molecule has 0 unspecified atom stereocenters. The van der Waals surface area contributed by atoms with E-state index in [0.29, 0.717) is 6.73 Å². The van der Waals surface area contributed by atoms with Crippen molar-refractivity contribution in [1.29, 1.82) is 0 Å². The lowest BCUT2D eigenvalue weighted by Gasteiger charge is -2.18. The summed E-state index contributed by atoms with van der Waals surface area (Å²) in [7, 11) is 5.67. The summed E-state index contributed by atoms with van der Waals surface area (Å²) in [4.78, 5) is 7.84. The van der Waals surface area contributed by atoms with Crippen LogP contribution in [0.25, 0.3) is 0 Å². The van der Waals surface area contributed by atoms with Gasteiger partial charge in [0.05, 0.1) is 0 Å². The van der Waals surface area contributed by atoms with E-state index in [1.807, 2.05) is 38.2 Å². The monoisotopic (exact) mass is 237 g/mol. The normalized spacial score (nSPS) is 9.00. The van der Waals surface area contributed by atoms with E-state index in [2.05, 4.69) is 28.9 Å². The predicted molar refractivity (Wildman–Crippen MR) is 68.6 cm³/mol. The Kier molecular flexibility index (Phi) is 4.80. The smallest absolute Gasteiger partial charge is 0.170 e. The van der Waals surface area contributed by atoms with Crippen LogP contribution in [-0.2, 0) is 0 Å². The molecule has 0 radical (unpaired) electrons. The van der Waals surface area contributed by atoms with E-state index in [-0.39, 0.29) is 0 Å². The van der Waals surface area contributed by atoms with Gasteiger partial charge in [-0.15, -0.1) is 0 Å². The molecule has 0 amide bonds. The first kappa shape index (κ1) is 12.5. The number of anilines is 1. The molecule has 16 heavy (non-hydrogen) atoms. The van der Waals surface area contributed by atoms with Crippen molar-refractivity contribution < 1.29 is 4.74 Å². The molecule has 1 aromatic rings. The van der Waals surface area contributed by atoms with Crippen molar-refractivity contribution >= 4 is 18.4 Å². The molecule has 0 saturated heterocycles. The van der Waals surface area contributed by atoms with E-state index in [1.165, 1.54) is 0 Å². The van der Waals surface area contributed by atoms with Gasteiger partial charge in [0, 0.05) is 33.4 Å². The van der Waals surface area contributed by atoms with Gasteiger partial charge in [0.1, 0.15) is 0 Å². The molecule has 0 aliphatic rings. The molecule has 0 atom stereocenters. The molecule has 0 bridgehead atoms. The average Bonchev–Trinajstić information content (AvgIpc) is 2.27. The van der Waals surface area contributed by atoms with E-state index >= 15 is 0 Å². The second-order valence-corrected chi connectivity index (χ2v) is 3.64. The molecule has 5 heteroatoms. The Morgan fingerprint density at radius 1 is 1.44 bits per heavy atom. The van der Waals surface area contributed by atoms with Gasteiger partial charge in [-0.25, -0.2) is 4.98 Å². The van der Waals surface area contributed by atoms with Crippen LogP contribution in [0.4, 0.5) is 5.82 Å². The van der Waals surface area contributed by atoms with E-state index in [0.717, 1.165) is 11.6 Å². The first-order chi connectivity index (χ1) is 7.65. The second kappa shape index (κ2) is 6.13. The summed E-state index contributed by atoms with van der Waals surface area (Å²) in [5.41, 5.74) is 0. The zero-order valence-electron chi connectivity index (χ0n) is 9.64. The summed E-state index contributed by atoms with van der Waals surface area (Å²) >= 11 is 3.81. The van der Waals surface area contributed by atoms with Crippen molar-refractivity contribution in [3.05, 3.63) is 18.3 Å². The number of hydrogen-bond acceptors (Lipinski definition) is 5. The molecule has 0 spiro atoms. The lowest BCUT2D eigenvalue weighted by atomic mass is 10.4. The zero-order valence-corrected chi connectivity index (χ0v) is 10.5. The highest BCUT2D eigenvalue weighted by Gasteiger charge is 2.06. The Hall–Kier alpha value is -1.54. The van der Waals surface area contributed by atoms with E-state index in [1.54, 1.807) is 11.1 Å². The Morgan fingerprint density at radius 3 is 2.81 bits per heavy atom. The van der Waals surface area contributed by atoms with Crippen molar-refractivity contribution in [3.8, 4) is 17.0 Å². The highest BCUT2D eigenvalue weighted by molar-refractivity contribution is 7.85. The van der Waals surface area contributed by atoms with Crippen LogP contribution in [0.3, 0.4) is 0 Å². The van der Waals surface area contributed by atoms with Gasteiger partial charge >= 0.3 is 0 Å². The first-order valence-corrected chi connectivity index (χ1v) is 5.21. The van der Waals surface area contributed by atoms with Gasteiger partial charge in [0.25, 0.3) is 0 Å². The zero-order chi connectivity index (χ0) is 12.0. The van der Waals surface area contributed by atoms with Gasteiger partial charge in [0.2, 0.25) is 0 Å². The minimum Gasteiger partial charge on any atom is -0.469 e. The molecule has 0 N–H and O–H groups in total. The van der Waals surface area contributed by atoms with Crippen LogP contribution in [0.15, 0.2) is 18.3 Å². The number of nitrogens with zero attached hydrogens (tertiary/aromatic N) is 3. The third-order valence-corrected chi connectivity index (χ3v) is 1.93. The topological polar surface area (TPSA) is 28.6 Å². The minimum absolute atomic E-state index is 0.375. The Balaban J connectivity index is 2.68. The highest BCUT2D eigenvalue weighted by atomic mass is 32.1. The van der Waals surface area contributed by atoms with Gasteiger partial charge in [0.15, 0.2) is 18.3 Å². The fraction of sp³-hybridized carbons (Fsp3) is 0.364. The minimum atomic E-state index is 0.375. The van der Waals surface area contributed by atoms with Crippen LogP contribution < -0.4 is 9.64 Å². The molecule has 1 rings (SSSR count). The maximum atomic E-state index is 5.60. The Bertz CT molecular complexity index is 398. The molecular formula is C11H15N3OS. The molecular weight excluding hydrogens is 222 g/mol. The fourth-order valence-electron chi connectivity index (χ4n) is 1.11. The van der Waals surface area contributed by atoms with Crippen LogP contribution in [0, 0.1) is 11.3 Å². The van der Waals surface area contributed by atoms with Gasteiger partial charge in [-0.3, -0.25) is 0 Å². The Morgan fingerprint density at radius 2 is 2.19 bits per heavy atom. The lowest BCUT2D eigenvalue weighted by molar-refractivity contribution is 0.206. The summed E-state index contributed by atoms with van der Waals surface area (Å²) in [5.74, 6) is 1.54. The predicted octanol–water partition coefficient (Wildman–Crippen LogP) is 1.26. The van der Waals surface area contributed by atoms with Gasteiger partial charge in [-0.2, -0.15) is 0 Å². The SMILES string of the molecule is CN(C#CS)COc1cccnc1N(C)C. The number of aromatic nitrogens is 1. The van der Waals surface area contributed by atoms with Crippen LogP contribution in [0.5, 0.6) is 5.75 Å². The molecule has 1 aromatic heterocycles. The van der Waals surface area contributed by atoms with E-state index in [4.69, 9.17) is 4.74 Å². The molecule has 1 heterocycles. The van der Waals surface area contributed by atoms with Crippen LogP contribution >= 0.6 is 12.6 Å². The van der Waals surface area contributed by atoms with Crippen molar-refractivity contribution in [2.24, 2.45) is 0 Å². The third-order valence-electron chi connectivity index (χ3n) is 1.83.